The average Bonchev–Trinajstić information content (AvgIpc) is 3.27. The van der Waals surface area contributed by atoms with Gasteiger partial charge in [-0.25, -0.2) is 0 Å². The SMILES string of the molecule is CN(C)c1ccc(C2(c3ccsc3)CC(=O)[C@@H](Sc3ccccc3Cl)C(=O)N2)cc1. The molecule has 154 valence electrons. The predicted molar refractivity (Wildman–Crippen MR) is 125 cm³/mol. The van der Waals surface area contributed by atoms with Crippen molar-refractivity contribution in [2.45, 2.75) is 22.1 Å². The standard InChI is InChI=1S/C23H21ClN2O2S2/c1-26(2)17-9-7-15(8-10-17)23(16-11-12-29-14-16)13-19(27)21(22(28)25-23)30-20-6-4-3-5-18(20)24/h3-12,14,21H,13H2,1-2H3,(H,25,28)/t21-,23?/m1/s1. The minimum atomic E-state index is -0.865. The van der Waals surface area contributed by atoms with Crippen LogP contribution in [0.4, 0.5) is 5.69 Å². The smallest absolute Gasteiger partial charge is 0.242 e. The van der Waals surface area contributed by atoms with Crippen LogP contribution < -0.4 is 10.2 Å². The molecular formula is C23H21ClN2O2S2. The zero-order valence-corrected chi connectivity index (χ0v) is 19.0. The summed E-state index contributed by atoms with van der Waals surface area (Å²) in [5, 5.41) is 6.86. The molecule has 4 nitrogen and oxygen atoms in total. The molecule has 1 aliphatic heterocycles. The molecule has 1 unspecified atom stereocenters. The Hall–Kier alpha value is -2.28. The number of hydrogen-bond donors (Lipinski definition) is 1. The summed E-state index contributed by atoms with van der Waals surface area (Å²) in [6.45, 7) is 0. The first-order valence-electron chi connectivity index (χ1n) is 9.47. The molecule has 30 heavy (non-hydrogen) atoms. The number of thiophene rings is 1. The van der Waals surface area contributed by atoms with Gasteiger partial charge in [0.15, 0.2) is 5.78 Å². The number of rotatable bonds is 5. The second-order valence-corrected chi connectivity index (χ2v) is 9.75. The van der Waals surface area contributed by atoms with Crippen molar-refractivity contribution in [3.05, 3.63) is 81.5 Å². The molecule has 0 aliphatic carbocycles. The van der Waals surface area contributed by atoms with Crippen molar-refractivity contribution in [3.8, 4) is 0 Å². The van der Waals surface area contributed by atoms with Crippen LogP contribution in [0.1, 0.15) is 17.5 Å². The van der Waals surface area contributed by atoms with Crippen LogP contribution in [-0.4, -0.2) is 31.0 Å². The lowest BCUT2D eigenvalue weighted by Crippen LogP contribution is -2.57. The number of halogens is 1. The zero-order valence-electron chi connectivity index (χ0n) is 16.6. The Morgan fingerprint density at radius 2 is 1.80 bits per heavy atom. The van der Waals surface area contributed by atoms with E-state index in [9.17, 15) is 9.59 Å². The number of nitrogens with zero attached hydrogens (tertiary/aromatic N) is 1. The third kappa shape index (κ3) is 3.87. The number of Topliss-reactive ketones (excluding diaryl/α,β-unsaturated/α-hetero) is 1. The Morgan fingerprint density at radius 3 is 2.40 bits per heavy atom. The van der Waals surface area contributed by atoms with Crippen LogP contribution in [0, 0.1) is 0 Å². The molecule has 1 amide bonds. The molecule has 4 rings (SSSR count). The molecule has 2 atom stereocenters. The van der Waals surface area contributed by atoms with Crippen molar-refractivity contribution >= 4 is 52.1 Å². The lowest BCUT2D eigenvalue weighted by atomic mass is 9.77. The van der Waals surface area contributed by atoms with Crippen molar-refractivity contribution in [1.82, 2.24) is 5.32 Å². The molecule has 2 heterocycles. The van der Waals surface area contributed by atoms with Crippen LogP contribution in [-0.2, 0) is 15.1 Å². The number of ketones is 1. The van der Waals surface area contributed by atoms with E-state index in [2.05, 4.69) is 5.32 Å². The van der Waals surface area contributed by atoms with E-state index in [-0.39, 0.29) is 18.1 Å². The first-order chi connectivity index (χ1) is 14.4. The van der Waals surface area contributed by atoms with Crippen molar-refractivity contribution in [1.29, 1.82) is 0 Å². The fourth-order valence-corrected chi connectivity index (χ4v) is 5.65. The summed E-state index contributed by atoms with van der Waals surface area (Å²) in [6, 6.07) is 17.2. The van der Waals surface area contributed by atoms with Gasteiger partial charge in [0.1, 0.15) is 5.25 Å². The van der Waals surface area contributed by atoms with Crippen molar-refractivity contribution in [2.75, 3.05) is 19.0 Å². The number of amides is 1. The van der Waals surface area contributed by atoms with Crippen LogP contribution in [0.25, 0.3) is 0 Å². The van der Waals surface area contributed by atoms with Crippen molar-refractivity contribution < 1.29 is 9.59 Å². The van der Waals surface area contributed by atoms with Gasteiger partial charge in [-0.1, -0.05) is 35.9 Å². The topological polar surface area (TPSA) is 49.4 Å². The van der Waals surface area contributed by atoms with E-state index in [0.717, 1.165) is 21.7 Å². The highest BCUT2D eigenvalue weighted by molar-refractivity contribution is 8.01. The van der Waals surface area contributed by atoms with Crippen molar-refractivity contribution in [2.24, 2.45) is 0 Å². The van der Waals surface area contributed by atoms with Gasteiger partial charge in [-0.3, -0.25) is 9.59 Å². The van der Waals surface area contributed by atoms with Gasteiger partial charge in [-0.05, 0) is 52.2 Å². The summed E-state index contributed by atoms with van der Waals surface area (Å²) in [5.41, 5.74) is 2.01. The van der Waals surface area contributed by atoms with E-state index in [0.29, 0.717) is 5.02 Å². The van der Waals surface area contributed by atoms with Gasteiger partial charge in [0.05, 0.1) is 10.6 Å². The molecule has 1 saturated heterocycles. The second-order valence-electron chi connectivity index (χ2n) is 7.42. The van der Waals surface area contributed by atoms with Crippen LogP contribution in [0.15, 0.2) is 70.3 Å². The fourth-order valence-electron chi connectivity index (χ4n) is 3.67. The molecular weight excluding hydrogens is 436 g/mol. The Balaban J connectivity index is 1.69. The molecule has 0 bridgehead atoms. The van der Waals surface area contributed by atoms with Crippen molar-refractivity contribution in [3.63, 3.8) is 0 Å². The molecule has 1 fully saturated rings. The first kappa shape index (κ1) is 21.0. The van der Waals surface area contributed by atoms with Gasteiger partial charge < -0.3 is 10.2 Å². The summed E-state index contributed by atoms with van der Waals surface area (Å²) in [5.74, 6) is -0.398. The Bertz CT molecular complexity index is 1050. The maximum atomic E-state index is 13.3. The zero-order chi connectivity index (χ0) is 21.3. The van der Waals surface area contributed by atoms with Gasteiger partial charge in [0.25, 0.3) is 0 Å². The normalized spacial score (nSPS) is 21.4. The quantitative estimate of drug-likeness (QED) is 0.551. The third-order valence-corrected chi connectivity index (χ3v) is 7.73. The lowest BCUT2D eigenvalue weighted by Gasteiger charge is -2.40. The Labute approximate surface area is 189 Å². The number of piperidine rings is 1. The molecule has 7 heteroatoms. The van der Waals surface area contributed by atoms with E-state index < -0.39 is 10.8 Å². The average molecular weight is 457 g/mol. The summed E-state index contributed by atoms with van der Waals surface area (Å²) >= 11 is 9.00. The number of carbonyl (C=O) groups is 2. The third-order valence-electron chi connectivity index (χ3n) is 5.28. The van der Waals surface area contributed by atoms with E-state index in [1.165, 1.54) is 11.8 Å². The monoisotopic (exact) mass is 456 g/mol. The highest BCUT2D eigenvalue weighted by atomic mass is 35.5. The van der Waals surface area contributed by atoms with E-state index in [1.54, 1.807) is 17.4 Å². The first-order valence-corrected chi connectivity index (χ1v) is 11.7. The number of hydrogen-bond acceptors (Lipinski definition) is 5. The summed E-state index contributed by atoms with van der Waals surface area (Å²) in [4.78, 5) is 29.2. The fraction of sp³-hybridized carbons (Fsp3) is 0.217. The highest BCUT2D eigenvalue weighted by Gasteiger charge is 2.47. The molecule has 0 saturated carbocycles. The molecule has 2 aromatic carbocycles. The molecule has 0 radical (unpaired) electrons. The van der Waals surface area contributed by atoms with Gasteiger partial charge in [0.2, 0.25) is 5.91 Å². The van der Waals surface area contributed by atoms with Gasteiger partial charge >= 0.3 is 0 Å². The summed E-state index contributed by atoms with van der Waals surface area (Å²) < 4.78 is 0. The van der Waals surface area contributed by atoms with E-state index >= 15 is 0 Å². The van der Waals surface area contributed by atoms with Crippen LogP contribution in [0.2, 0.25) is 5.02 Å². The maximum absolute atomic E-state index is 13.3. The number of nitrogens with one attached hydrogen (secondary N) is 1. The van der Waals surface area contributed by atoms with E-state index in [4.69, 9.17) is 11.6 Å². The summed E-state index contributed by atoms with van der Waals surface area (Å²) in [6.07, 6.45) is 0.193. The summed E-state index contributed by atoms with van der Waals surface area (Å²) in [7, 11) is 3.96. The van der Waals surface area contributed by atoms with Gasteiger partial charge in [-0.15, -0.1) is 11.8 Å². The minimum Gasteiger partial charge on any atom is -0.378 e. The molecule has 1 aromatic heterocycles. The highest BCUT2D eigenvalue weighted by Crippen LogP contribution is 2.41. The van der Waals surface area contributed by atoms with Crippen LogP contribution >= 0.6 is 34.7 Å². The van der Waals surface area contributed by atoms with Gasteiger partial charge in [-0.2, -0.15) is 11.3 Å². The number of thioether (sulfide) groups is 1. The van der Waals surface area contributed by atoms with Gasteiger partial charge in [0, 0.05) is 31.1 Å². The Morgan fingerprint density at radius 1 is 1.07 bits per heavy atom. The number of anilines is 1. The second kappa shape index (κ2) is 8.46. The Kier molecular flexibility index (Phi) is 5.91. The van der Waals surface area contributed by atoms with Crippen LogP contribution in [0.3, 0.4) is 0 Å². The van der Waals surface area contributed by atoms with E-state index in [1.807, 2.05) is 78.3 Å². The molecule has 3 aromatic rings. The lowest BCUT2D eigenvalue weighted by molar-refractivity contribution is -0.132. The molecule has 0 spiro atoms. The number of carbonyl (C=O) groups excluding carboxylic acids is 2. The number of benzene rings is 2. The largest absolute Gasteiger partial charge is 0.378 e. The predicted octanol–water partition coefficient (Wildman–Crippen LogP) is 4.96. The molecule has 1 N–H and O–H groups in total. The molecule has 1 aliphatic rings. The minimum absolute atomic E-state index is 0.105. The van der Waals surface area contributed by atoms with Crippen LogP contribution in [0.5, 0.6) is 0 Å². The maximum Gasteiger partial charge on any atom is 0.242 e.